The Morgan fingerprint density at radius 1 is 1.32 bits per heavy atom. The van der Waals surface area contributed by atoms with E-state index in [-0.39, 0.29) is 18.3 Å². The van der Waals surface area contributed by atoms with Gasteiger partial charge in [-0.3, -0.25) is 9.69 Å². The number of anilines is 1. The number of alkyl halides is 3. The Morgan fingerprint density at radius 3 is 2.50 bits per heavy atom. The Kier molecular flexibility index (Phi) is 4.87. The lowest BCUT2D eigenvalue weighted by Crippen LogP contribution is -2.25. The van der Waals surface area contributed by atoms with E-state index >= 15 is 0 Å². The fourth-order valence-corrected chi connectivity index (χ4v) is 2.89. The first-order chi connectivity index (χ1) is 10.2. The molecule has 0 aromatic heterocycles. The van der Waals surface area contributed by atoms with E-state index in [1.54, 1.807) is 12.1 Å². The van der Waals surface area contributed by atoms with Gasteiger partial charge in [-0.15, -0.1) is 0 Å². The summed E-state index contributed by atoms with van der Waals surface area (Å²) in [5.41, 5.74) is 2.97. The number of hydrogen-bond acceptors (Lipinski definition) is 3. The van der Waals surface area contributed by atoms with E-state index in [9.17, 15) is 18.0 Å². The maximum absolute atomic E-state index is 12.2. The van der Waals surface area contributed by atoms with Gasteiger partial charge in [0.25, 0.3) is 0 Å². The van der Waals surface area contributed by atoms with Crippen molar-refractivity contribution in [2.45, 2.75) is 26.6 Å². The monoisotopic (exact) mass is 331 g/mol. The van der Waals surface area contributed by atoms with Crippen LogP contribution in [-0.4, -0.2) is 24.4 Å². The van der Waals surface area contributed by atoms with E-state index < -0.39 is 12.8 Å². The van der Waals surface area contributed by atoms with Crippen molar-refractivity contribution >= 4 is 23.4 Å². The molecule has 0 aliphatic carbocycles. The van der Waals surface area contributed by atoms with Crippen molar-refractivity contribution in [1.29, 1.82) is 0 Å². The number of hydrogen-bond donors (Lipinski definition) is 0. The molecular formula is C15H16F3NO2S. The van der Waals surface area contributed by atoms with Crippen LogP contribution in [0.5, 0.6) is 0 Å². The van der Waals surface area contributed by atoms with Crippen molar-refractivity contribution < 1.29 is 22.7 Å². The van der Waals surface area contributed by atoms with Gasteiger partial charge in [0, 0.05) is 5.56 Å². The van der Waals surface area contributed by atoms with E-state index in [0.29, 0.717) is 16.3 Å². The highest BCUT2D eigenvalue weighted by Gasteiger charge is 2.30. The molecule has 0 radical (unpaired) electrons. The van der Waals surface area contributed by atoms with Crippen LogP contribution in [0.2, 0.25) is 0 Å². The summed E-state index contributed by atoms with van der Waals surface area (Å²) in [5, 5.41) is 0.574. The van der Waals surface area contributed by atoms with Crippen LogP contribution in [0, 0.1) is 13.8 Å². The van der Waals surface area contributed by atoms with Crippen molar-refractivity contribution in [2.24, 2.45) is 0 Å². The minimum absolute atomic E-state index is 0.129. The quantitative estimate of drug-likeness (QED) is 0.837. The van der Waals surface area contributed by atoms with Crippen LogP contribution < -0.4 is 4.90 Å². The van der Waals surface area contributed by atoms with Gasteiger partial charge in [-0.1, -0.05) is 24.4 Å². The Balaban J connectivity index is 2.29. The van der Waals surface area contributed by atoms with Crippen LogP contribution in [0.3, 0.4) is 0 Å². The van der Waals surface area contributed by atoms with E-state index in [0.717, 1.165) is 11.1 Å². The smallest absolute Gasteiger partial charge is 0.367 e. The van der Waals surface area contributed by atoms with Crippen LogP contribution in [0.15, 0.2) is 23.7 Å². The van der Waals surface area contributed by atoms with Gasteiger partial charge in [-0.05, 0) is 31.0 Å². The maximum Gasteiger partial charge on any atom is 0.411 e. The summed E-state index contributed by atoms with van der Waals surface area (Å²) in [7, 11) is 0. The zero-order chi connectivity index (χ0) is 16.5. The molecule has 1 aromatic rings. The van der Waals surface area contributed by atoms with Crippen LogP contribution >= 0.6 is 11.8 Å². The fourth-order valence-electron chi connectivity index (χ4n) is 2.14. The Hall–Kier alpha value is -1.47. The van der Waals surface area contributed by atoms with Crippen molar-refractivity contribution in [3.8, 4) is 0 Å². The van der Waals surface area contributed by atoms with Crippen LogP contribution in [0.4, 0.5) is 18.9 Å². The normalized spacial score (nSPS) is 15.8. The van der Waals surface area contributed by atoms with Crippen molar-refractivity contribution in [3.63, 3.8) is 0 Å². The average Bonchev–Trinajstić information content (AvgIpc) is 2.72. The molecule has 1 fully saturated rings. The molecule has 120 valence electrons. The van der Waals surface area contributed by atoms with Crippen LogP contribution in [0.1, 0.15) is 16.7 Å². The van der Waals surface area contributed by atoms with Gasteiger partial charge in [0.1, 0.15) is 6.61 Å². The number of benzene rings is 1. The minimum Gasteiger partial charge on any atom is -0.367 e. The molecule has 2 rings (SSSR count). The zero-order valence-electron chi connectivity index (χ0n) is 12.3. The van der Waals surface area contributed by atoms with Gasteiger partial charge in [0.2, 0.25) is 5.91 Å². The van der Waals surface area contributed by atoms with E-state index in [2.05, 4.69) is 6.58 Å². The van der Waals surface area contributed by atoms with Crippen molar-refractivity contribution in [1.82, 2.24) is 0 Å². The highest BCUT2D eigenvalue weighted by atomic mass is 32.2. The summed E-state index contributed by atoms with van der Waals surface area (Å²) < 4.78 is 41.4. The lowest BCUT2D eigenvalue weighted by Gasteiger charge is -2.22. The maximum atomic E-state index is 12.2. The number of nitrogens with zero attached hydrogens (tertiary/aromatic N) is 1. The molecule has 0 spiro atoms. The molecule has 0 atom stereocenters. The predicted octanol–water partition coefficient (Wildman–Crippen LogP) is 3.93. The highest BCUT2D eigenvalue weighted by Crippen LogP contribution is 2.36. The molecular weight excluding hydrogens is 315 g/mol. The predicted molar refractivity (Wildman–Crippen MR) is 80.7 cm³/mol. The molecule has 7 heteroatoms. The molecule has 1 aliphatic heterocycles. The molecule has 0 saturated carbocycles. The highest BCUT2D eigenvalue weighted by molar-refractivity contribution is 8.04. The van der Waals surface area contributed by atoms with Gasteiger partial charge in [-0.2, -0.15) is 13.2 Å². The molecule has 1 aliphatic rings. The largest absolute Gasteiger partial charge is 0.411 e. The Labute approximate surface area is 131 Å². The van der Waals surface area contributed by atoms with Crippen molar-refractivity contribution in [3.05, 3.63) is 40.4 Å². The summed E-state index contributed by atoms with van der Waals surface area (Å²) in [6, 6.07) is 3.54. The molecule has 0 bridgehead atoms. The summed E-state index contributed by atoms with van der Waals surface area (Å²) >= 11 is 1.32. The number of halogens is 3. The first-order valence-electron chi connectivity index (χ1n) is 6.58. The molecule has 0 N–H and O–H groups in total. The van der Waals surface area contributed by atoms with Gasteiger partial charge in [0.15, 0.2) is 0 Å². The number of aryl methyl sites for hydroxylation is 2. The molecule has 0 unspecified atom stereocenters. The third kappa shape index (κ3) is 3.84. The number of carbonyl (C=O) groups excluding carboxylic acids is 1. The van der Waals surface area contributed by atoms with Crippen LogP contribution in [-0.2, 0) is 16.1 Å². The van der Waals surface area contributed by atoms with E-state index in [1.807, 2.05) is 13.8 Å². The summed E-state index contributed by atoms with van der Waals surface area (Å²) in [4.78, 5) is 13.4. The number of amides is 1. The lowest BCUT2D eigenvalue weighted by molar-refractivity contribution is -0.176. The molecule has 1 aromatic carbocycles. The first-order valence-corrected chi connectivity index (χ1v) is 7.57. The summed E-state index contributed by atoms with van der Waals surface area (Å²) in [6.07, 6.45) is -4.37. The van der Waals surface area contributed by atoms with E-state index in [1.165, 1.54) is 16.7 Å². The molecule has 22 heavy (non-hydrogen) atoms. The summed E-state index contributed by atoms with van der Waals surface area (Å²) in [5.74, 6) is 0.157. The minimum atomic E-state index is -4.37. The molecule has 1 amide bonds. The number of ether oxygens (including phenoxy) is 1. The van der Waals surface area contributed by atoms with Gasteiger partial charge < -0.3 is 4.74 Å². The lowest BCUT2D eigenvalue weighted by atomic mass is 10.0. The second kappa shape index (κ2) is 6.34. The number of carbonyl (C=O) groups is 1. The SMILES string of the molecule is C=C1SCC(=O)N1c1cc(C)c(C)cc1COCC(F)(F)F. The third-order valence-electron chi connectivity index (χ3n) is 3.32. The second-order valence-corrected chi connectivity index (χ2v) is 6.13. The van der Waals surface area contributed by atoms with Crippen molar-refractivity contribution in [2.75, 3.05) is 17.3 Å². The summed E-state index contributed by atoms with van der Waals surface area (Å²) in [6.45, 7) is 6.04. The van der Waals surface area contributed by atoms with Gasteiger partial charge >= 0.3 is 6.18 Å². The number of thioether (sulfide) groups is 1. The van der Waals surface area contributed by atoms with E-state index in [4.69, 9.17) is 4.74 Å². The van der Waals surface area contributed by atoms with Crippen LogP contribution in [0.25, 0.3) is 0 Å². The second-order valence-electron chi connectivity index (χ2n) is 5.08. The Bertz CT molecular complexity index is 598. The number of rotatable bonds is 4. The third-order valence-corrected chi connectivity index (χ3v) is 4.23. The fraction of sp³-hybridized carbons (Fsp3) is 0.400. The van der Waals surface area contributed by atoms with Gasteiger partial charge in [-0.25, -0.2) is 0 Å². The molecule has 1 heterocycles. The molecule has 1 saturated heterocycles. The first kappa shape index (κ1) is 16.9. The molecule has 3 nitrogen and oxygen atoms in total. The average molecular weight is 331 g/mol. The zero-order valence-corrected chi connectivity index (χ0v) is 13.1. The van der Waals surface area contributed by atoms with Gasteiger partial charge in [0.05, 0.1) is 23.1 Å². The standard InChI is InChI=1S/C15H16F3NO2S/c1-9-4-12(6-21-8-15(16,17)18)13(5-10(9)2)19-11(3)22-7-14(19)20/h4-5H,3,6-8H2,1-2H3. The topological polar surface area (TPSA) is 29.5 Å². The Morgan fingerprint density at radius 2 is 1.95 bits per heavy atom.